The van der Waals surface area contributed by atoms with Crippen LogP contribution in [0.3, 0.4) is 0 Å². The summed E-state index contributed by atoms with van der Waals surface area (Å²) in [4.78, 5) is 0. The molecule has 0 aliphatic carbocycles. The molecule has 14 heavy (non-hydrogen) atoms. The average molecular weight is 245 g/mol. The quantitative estimate of drug-likeness (QED) is 0.590. The van der Waals surface area contributed by atoms with E-state index in [0.29, 0.717) is 12.1 Å². The third-order valence-electron chi connectivity index (χ3n) is 1.46. The summed E-state index contributed by atoms with van der Waals surface area (Å²) in [6.07, 6.45) is 0. The summed E-state index contributed by atoms with van der Waals surface area (Å²) < 4.78 is 59.3. The fraction of sp³-hybridized carbons (Fsp3) is 0.143. The van der Waals surface area contributed by atoms with Gasteiger partial charge in [0.1, 0.15) is 5.82 Å². The van der Waals surface area contributed by atoms with Gasteiger partial charge in [-0.15, -0.1) is 0 Å². The van der Waals surface area contributed by atoms with E-state index in [9.17, 15) is 21.6 Å². The van der Waals surface area contributed by atoms with Crippen LogP contribution in [-0.4, -0.2) is 8.42 Å². The van der Waals surface area contributed by atoms with Gasteiger partial charge in [0.25, 0.3) is 0 Å². The molecule has 0 N–H and O–H groups in total. The predicted octanol–water partition coefficient (Wildman–Crippen LogP) is 2.17. The largest absolute Gasteiger partial charge is 0.236 e. The third kappa shape index (κ3) is 2.62. The molecule has 0 atom stereocenters. The molecule has 0 fully saturated rings. The smallest absolute Gasteiger partial charge is 0.212 e. The molecule has 0 aliphatic rings. The Bertz CT molecular complexity index is 458. The highest BCUT2D eigenvalue weighted by atomic mass is 35.7. The van der Waals surface area contributed by atoms with E-state index in [2.05, 4.69) is 0 Å². The van der Waals surface area contributed by atoms with Crippen molar-refractivity contribution >= 4 is 19.7 Å². The monoisotopic (exact) mass is 244 g/mol. The third-order valence-corrected chi connectivity index (χ3v) is 2.42. The lowest BCUT2D eigenvalue weighted by molar-refractivity contribution is 0.483. The highest BCUT2D eigenvalue weighted by molar-refractivity contribution is 8.13. The Kier molecular flexibility index (Phi) is 3.06. The van der Waals surface area contributed by atoms with Gasteiger partial charge < -0.3 is 0 Å². The SMILES string of the molecule is O=S(=O)(Cl)Cc1c(F)ccc(F)c1F. The zero-order valence-corrected chi connectivity index (χ0v) is 8.17. The van der Waals surface area contributed by atoms with Crippen LogP contribution in [0.5, 0.6) is 0 Å². The zero-order chi connectivity index (χ0) is 10.9. The number of halogens is 4. The van der Waals surface area contributed by atoms with Crippen LogP contribution in [0.4, 0.5) is 13.2 Å². The van der Waals surface area contributed by atoms with Crippen molar-refractivity contribution in [2.24, 2.45) is 0 Å². The molecule has 0 aromatic heterocycles. The second kappa shape index (κ2) is 3.78. The molecule has 0 aliphatic heterocycles. The summed E-state index contributed by atoms with van der Waals surface area (Å²) in [6, 6.07) is 1.20. The van der Waals surface area contributed by atoms with Gasteiger partial charge in [-0.3, -0.25) is 0 Å². The van der Waals surface area contributed by atoms with Crippen LogP contribution in [0.25, 0.3) is 0 Å². The van der Waals surface area contributed by atoms with Crippen molar-refractivity contribution < 1.29 is 21.6 Å². The first-order chi connectivity index (χ1) is 6.31. The van der Waals surface area contributed by atoms with E-state index in [4.69, 9.17) is 10.7 Å². The zero-order valence-electron chi connectivity index (χ0n) is 6.60. The van der Waals surface area contributed by atoms with Gasteiger partial charge in [0.15, 0.2) is 11.6 Å². The first-order valence-electron chi connectivity index (χ1n) is 3.36. The maximum atomic E-state index is 12.9. The van der Waals surface area contributed by atoms with E-state index in [1.54, 1.807) is 0 Å². The molecule has 78 valence electrons. The molecule has 0 heterocycles. The summed E-state index contributed by atoms with van der Waals surface area (Å²) in [5.41, 5.74) is -0.889. The topological polar surface area (TPSA) is 34.1 Å². The van der Waals surface area contributed by atoms with Crippen molar-refractivity contribution in [3.05, 3.63) is 35.1 Å². The van der Waals surface area contributed by atoms with Crippen molar-refractivity contribution in [1.82, 2.24) is 0 Å². The molecule has 0 spiro atoms. The van der Waals surface area contributed by atoms with Crippen LogP contribution >= 0.6 is 10.7 Å². The Labute approximate surface area is 82.7 Å². The van der Waals surface area contributed by atoms with Crippen molar-refractivity contribution in [3.63, 3.8) is 0 Å². The molecule has 0 unspecified atom stereocenters. The normalized spacial score (nSPS) is 11.7. The van der Waals surface area contributed by atoms with Gasteiger partial charge >= 0.3 is 0 Å². The van der Waals surface area contributed by atoms with E-state index < -0.39 is 37.8 Å². The Morgan fingerprint density at radius 1 is 1.14 bits per heavy atom. The molecular weight excluding hydrogens is 241 g/mol. The highest BCUT2D eigenvalue weighted by Gasteiger charge is 2.18. The average Bonchev–Trinajstić information content (AvgIpc) is 2.04. The summed E-state index contributed by atoms with van der Waals surface area (Å²) in [5, 5.41) is 0. The van der Waals surface area contributed by atoms with Crippen molar-refractivity contribution in [3.8, 4) is 0 Å². The Hall–Kier alpha value is -0.750. The molecule has 0 bridgehead atoms. The van der Waals surface area contributed by atoms with Gasteiger partial charge in [-0.05, 0) is 12.1 Å². The Balaban J connectivity index is 3.27. The Morgan fingerprint density at radius 3 is 2.14 bits per heavy atom. The van der Waals surface area contributed by atoms with Crippen molar-refractivity contribution in [1.29, 1.82) is 0 Å². The minimum absolute atomic E-state index is 0.565. The summed E-state index contributed by atoms with van der Waals surface area (Å²) in [7, 11) is 0.667. The Morgan fingerprint density at radius 2 is 1.64 bits per heavy atom. The second-order valence-electron chi connectivity index (χ2n) is 2.50. The highest BCUT2D eigenvalue weighted by Crippen LogP contribution is 2.19. The first kappa shape index (κ1) is 11.3. The fourth-order valence-corrected chi connectivity index (χ4v) is 1.81. The van der Waals surface area contributed by atoms with Crippen LogP contribution in [0.15, 0.2) is 12.1 Å². The first-order valence-corrected chi connectivity index (χ1v) is 5.84. The van der Waals surface area contributed by atoms with E-state index in [1.165, 1.54) is 0 Å². The van der Waals surface area contributed by atoms with Gasteiger partial charge in [0.05, 0.1) is 5.75 Å². The van der Waals surface area contributed by atoms with Gasteiger partial charge in [-0.2, -0.15) is 0 Å². The fourth-order valence-electron chi connectivity index (χ4n) is 0.874. The van der Waals surface area contributed by atoms with Gasteiger partial charge in [-0.25, -0.2) is 21.6 Å². The lowest BCUT2D eigenvalue weighted by atomic mass is 10.2. The van der Waals surface area contributed by atoms with Crippen molar-refractivity contribution in [2.75, 3.05) is 0 Å². The minimum Gasteiger partial charge on any atom is -0.212 e. The molecule has 2 nitrogen and oxygen atoms in total. The maximum absolute atomic E-state index is 12.9. The molecule has 1 aromatic carbocycles. The van der Waals surface area contributed by atoms with Gasteiger partial charge in [0.2, 0.25) is 9.05 Å². The lowest BCUT2D eigenvalue weighted by Gasteiger charge is -2.02. The number of hydrogen-bond acceptors (Lipinski definition) is 2. The number of hydrogen-bond donors (Lipinski definition) is 0. The van der Waals surface area contributed by atoms with Gasteiger partial charge in [0, 0.05) is 16.2 Å². The molecule has 0 amide bonds. The van der Waals surface area contributed by atoms with Crippen molar-refractivity contribution in [2.45, 2.75) is 5.75 Å². The van der Waals surface area contributed by atoms with E-state index >= 15 is 0 Å². The number of benzene rings is 1. The number of rotatable bonds is 2. The summed E-state index contributed by atoms with van der Waals surface area (Å²) >= 11 is 0. The summed E-state index contributed by atoms with van der Waals surface area (Å²) in [6.45, 7) is 0. The maximum Gasteiger partial charge on any atom is 0.236 e. The molecule has 7 heteroatoms. The minimum atomic E-state index is -4.11. The second-order valence-corrected chi connectivity index (χ2v) is 5.28. The predicted molar refractivity (Wildman–Crippen MR) is 44.8 cm³/mol. The van der Waals surface area contributed by atoms with Crippen LogP contribution < -0.4 is 0 Å². The van der Waals surface area contributed by atoms with Crippen LogP contribution in [0.2, 0.25) is 0 Å². The molecule has 0 saturated carbocycles. The standard InChI is InChI=1S/C7H4ClF3O2S/c8-14(12,13)3-4-5(9)1-2-6(10)7(4)11/h1-2H,3H2. The lowest BCUT2D eigenvalue weighted by Crippen LogP contribution is -2.03. The van der Waals surface area contributed by atoms with E-state index in [-0.39, 0.29) is 0 Å². The summed E-state index contributed by atoms with van der Waals surface area (Å²) in [5.74, 6) is -5.08. The molecular formula is C7H4ClF3O2S. The van der Waals surface area contributed by atoms with Gasteiger partial charge in [-0.1, -0.05) is 0 Å². The molecule has 0 saturated heterocycles. The van der Waals surface area contributed by atoms with E-state index in [0.717, 1.165) is 0 Å². The molecule has 1 rings (SSSR count). The molecule has 1 aromatic rings. The van der Waals surface area contributed by atoms with E-state index in [1.807, 2.05) is 0 Å². The van der Waals surface area contributed by atoms with Crippen LogP contribution in [0.1, 0.15) is 5.56 Å². The molecule has 0 radical (unpaired) electrons. The van der Waals surface area contributed by atoms with Crippen LogP contribution in [-0.2, 0) is 14.8 Å². The van der Waals surface area contributed by atoms with Crippen LogP contribution in [0, 0.1) is 17.5 Å².